The number of carbonyl (C=O) groups is 1. The Hall–Kier alpha value is -1.52. The molecule has 5 nitrogen and oxygen atoms in total. The number of fused-ring (bicyclic) bond motifs is 5. The van der Waals surface area contributed by atoms with Crippen LogP contribution in [-0.4, -0.2) is 31.7 Å². The quantitative estimate of drug-likeness (QED) is 0.129. The molecular weight excluding hydrogens is 496 g/mol. The average molecular weight is 556 g/mol. The summed E-state index contributed by atoms with van der Waals surface area (Å²) < 4.78 is 5.91. The van der Waals surface area contributed by atoms with Gasteiger partial charge in [-0.05, 0) is 104 Å². The predicted molar refractivity (Wildman–Crippen MR) is 163 cm³/mol. The Kier molecular flexibility index (Phi) is 11.1. The summed E-state index contributed by atoms with van der Waals surface area (Å²) in [6.07, 6.45) is 22.2. The lowest BCUT2D eigenvalue weighted by molar-refractivity contribution is -0.0581. The maximum atomic E-state index is 12.5. The molecule has 3 saturated carbocycles. The zero-order valence-electron chi connectivity index (χ0n) is 26.4. The summed E-state index contributed by atoms with van der Waals surface area (Å²) in [6.45, 7) is 13.9. The van der Waals surface area contributed by atoms with Gasteiger partial charge in [0.2, 0.25) is 0 Å². The number of hydrogen-bond acceptors (Lipinski definition) is 3. The zero-order valence-corrected chi connectivity index (χ0v) is 26.4. The van der Waals surface area contributed by atoms with Gasteiger partial charge in [-0.15, -0.1) is 0 Å². The second kappa shape index (κ2) is 14.1. The van der Waals surface area contributed by atoms with Crippen molar-refractivity contribution in [3.05, 3.63) is 11.6 Å². The number of ether oxygens (including phenoxy) is 1. The van der Waals surface area contributed by atoms with Crippen LogP contribution in [-0.2, 0) is 9.53 Å². The molecule has 0 aromatic rings. The molecule has 4 rings (SSSR count). The number of amides is 2. The summed E-state index contributed by atoms with van der Waals surface area (Å²) in [5, 5.41) is 5.53. The summed E-state index contributed by atoms with van der Waals surface area (Å²) in [6, 6.07) is 0. The first-order valence-corrected chi connectivity index (χ1v) is 16.9. The van der Waals surface area contributed by atoms with Crippen LogP contribution >= 0.6 is 0 Å². The molecule has 227 valence electrons. The number of hydrogen-bond donors (Lipinski definition) is 2. The highest BCUT2D eigenvalue weighted by atomic mass is 16.6. The number of nitrogens with one attached hydrogen (secondary N) is 2. The maximum Gasteiger partial charge on any atom is 0.407 e. The van der Waals surface area contributed by atoms with Gasteiger partial charge in [0.15, 0.2) is 0 Å². The zero-order chi connectivity index (χ0) is 28.8. The van der Waals surface area contributed by atoms with E-state index in [1.54, 1.807) is 12.0 Å². The first-order valence-electron chi connectivity index (χ1n) is 16.9. The molecule has 0 aromatic heterocycles. The Labute approximate surface area is 245 Å². The van der Waals surface area contributed by atoms with E-state index >= 15 is 0 Å². The number of unbranched alkanes of at least 4 members (excludes halogenated alkanes) is 3. The van der Waals surface area contributed by atoms with Crippen molar-refractivity contribution in [2.45, 2.75) is 137 Å². The van der Waals surface area contributed by atoms with Crippen molar-refractivity contribution in [2.24, 2.45) is 46.3 Å². The molecular formula is C35H59N2O3. The van der Waals surface area contributed by atoms with E-state index in [-0.39, 0.29) is 17.6 Å². The van der Waals surface area contributed by atoms with Crippen molar-refractivity contribution in [3.8, 4) is 0 Å². The minimum Gasteiger partial charge on any atom is -0.446 e. The van der Waals surface area contributed by atoms with E-state index in [1.165, 1.54) is 51.4 Å². The van der Waals surface area contributed by atoms with E-state index in [9.17, 15) is 9.59 Å². The van der Waals surface area contributed by atoms with Crippen molar-refractivity contribution in [1.29, 1.82) is 0 Å². The Balaban J connectivity index is 1.26. The van der Waals surface area contributed by atoms with Crippen molar-refractivity contribution < 1.29 is 14.3 Å². The number of allylic oxidation sites excluding steroid dienone is 1. The third kappa shape index (κ3) is 7.09. The third-order valence-electron chi connectivity index (χ3n) is 12.1. The van der Waals surface area contributed by atoms with E-state index < -0.39 is 0 Å². The number of carbonyl (C=O) groups excluding carboxylic acids is 2. The Morgan fingerprint density at radius 3 is 2.50 bits per heavy atom. The lowest BCUT2D eigenvalue weighted by Gasteiger charge is -2.58. The predicted octanol–water partition coefficient (Wildman–Crippen LogP) is 8.34. The van der Waals surface area contributed by atoms with Gasteiger partial charge in [0, 0.05) is 19.5 Å². The van der Waals surface area contributed by atoms with Gasteiger partial charge in [0.25, 0.3) is 0 Å². The van der Waals surface area contributed by atoms with Gasteiger partial charge in [-0.3, -0.25) is 4.79 Å². The summed E-state index contributed by atoms with van der Waals surface area (Å²) >= 11 is 0. The Morgan fingerprint density at radius 1 is 0.975 bits per heavy atom. The molecule has 5 heteroatoms. The molecule has 0 heterocycles. The monoisotopic (exact) mass is 555 g/mol. The highest BCUT2D eigenvalue weighted by Gasteiger charge is 2.59. The molecule has 4 aliphatic rings. The van der Waals surface area contributed by atoms with Crippen LogP contribution in [0, 0.1) is 46.3 Å². The maximum absolute atomic E-state index is 12.5. The molecule has 0 unspecified atom stereocenters. The topological polar surface area (TPSA) is 67.4 Å². The van der Waals surface area contributed by atoms with Gasteiger partial charge in [0.1, 0.15) is 6.10 Å². The van der Waals surface area contributed by atoms with Gasteiger partial charge in [-0.1, -0.05) is 78.4 Å². The lowest BCUT2D eigenvalue weighted by Crippen LogP contribution is -2.51. The van der Waals surface area contributed by atoms with Gasteiger partial charge in [-0.2, -0.15) is 0 Å². The molecule has 2 amide bonds. The first-order chi connectivity index (χ1) is 19.2. The molecule has 0 saturated heterocycles. The van der Waals surface area contributed by atoms with Crippen LogP contribution in [0.5, 0.6) is 0 Å². The Bertz CT molecular complexity index is 871. The van der Waals surface area contributed by atoms with Crippen LogP contribution in [0.25, 0.3) is 0 Å². The molecule has 8 atom stereocenters. The number of alkyl carbamates (subject to hydrolysis) is 1. The molecule has 0 aliphatic heterocycles. The fourth-order valence-corrected chi connectivity index (χ4v) is 9.88. The lowest BCUT2D eigenvalue weighted by atomic mass is 9.47. The molecule has 40 heavy (non-hydrogen) atoms. The number of rotatable bonds is 14. The fraction of sp³-hybridized carbons (Fsp3) is 0.886. The van der Waals surface area contributed by atoms with Crippen molar-refractivity contribution in [3.63, 3.8) is 0 Å². The third-order valence-corrected chi connectivity index (χ3v) is 12.1. The van der Waals surface area contributed by atoms with Gasteiger partial charge in [0.05, 0.1) is 0 Å². The second-order valence-electron chi connectivity index (χ2n) is 14.9. The summed E-state index contributed by atoms with van der Waals surface area (Å²) in [7, 11) is 0. The first kappa shape index (κ1) is 31.4. The minimum atomic E-state index is -0.256. The highest BCUT2D eigenvalue weighted by molar-refractivity contribution is 5.67. The van der Waals surface area contributed by atoms with Crippen LogP contribution in [0.3, 0.4) is 0 Å². The molecule has 1 radical (unpaired) electrons. The van der Waals surface area contributed by atoms with Crippen LogP contribution in [0.1, 0.15) is 131 Å². The van der Waals surface area contributed by atoms with Gasteiger partial charge in [-0.25, -0.2) is 4.79 Å². The van der Waals surface area contributed by atoms with E-state index in [2.05, 4.69) is 51.3 Å². The molecule has 2 N–H and O–H groups in total. The average Bonchev–Trinajstić information content (AvgIpc) is 3.27. The molecule has 3 fully saturated rings. The minimum absolute atomic E-state index is 0.0120. The summed E-state index contributed by atoms with van der Waals surface area (Å²) in [5.41, 5.74) is 2.40. The smallest absolute Gasteiger partial charge is 0.407 e. The largest absolute Gasteiger partial charge is 0.446 e. The van der Waals surface area contributed by atoms with Gasteiger partial charge >= 0.3 is 12.5 Å². The molecule has 0 bridgehead atoms. The molecule has 4 aliphatic carbocycles. The van der Waals surface area contributed by atoms with E-state index in [0.29, 0.717) is 18.5 Å². The molecule has 0 aromatic carbocycles. The van der Waals surface area contributed by atoms with Crippen molar-refractivity contribution in [2.75, 3.05) is 13.1 Å². The Morgan fingerprint density at radius 2 is 1.75 bits per heavy atom. The van der Waals surface area contributed by atoms with E-state index in [4.69, 9.17) is 4.74 Å². The highest BCUT2D eigenvalue weighted by Crippen LogP contribution is 2.67. The fourth-order valence-electron chi connectivity index (χ4n) is 9.88. The normalized spacial score (nSPS) is 35.6. The SMILES string of the molecule is CC(C)CCC[C@@H](C)[C@H]1CC[C@H]2[C@@H]3CC=C4C[C@@H](OC(=O)NCCCCCCN[C]=O)CC[C@]4(C)[C@H]3CC[C@]12C. The second-order valence-corrected chi connectivity index (χ2v) is 14.9. The van der Waals surface area contributed by atoms with Crippen LogP contribution < -0.4 is 10.6 Å². The van der Waals surface area contributed by atoms with Crippen LogP contribution in [0.15, 0.2) is 11.6 Å². The van der Waals surface area contributed by atoms with E-state index in [1.807, 2.05) is 0 Å². The standard InChI is InChI=1S/C35H59N2O3/c1-25(2)11-10-12-26(3)30-15-16-31-29-14-13-27-23-28(17-19-34(27,4)32(29)18-20-35(30,31)5)40-33(39)37-22-9-7-6-8-21-36-24-38/h13,25-26,28-32H,6-12,14-23H2,1-5H3,(H,36,38)(H,37,39)/t26-,28+,29+,30-,31+,32+,34+,35-/m1/s1. The summed E-state index contributed by atoms with van der Waals surface area (Å²) in [4.78, 5) is 22.7. The van der Waals surface area contributed by atoms with Crippen LogP contribution in [0.2, 0.25) is 0 Å². The molecule has 0 spiro atoms. The van der Waals surface area contributed by atoms with E-state index in [0.717, 1.165) is 80.5 Å². The van der Waals surface area contributed by atoms with Gasteiger partial charge < -0.3 is 15.4 Å². The summed E-state index contributed by atoms with van der Waals surface area (Å²) in [5.74, 6) is 5.12. The van der Waals surface area contributed by atoms with Crippen molar-refractivity contribution >= 4 is 12.5 Å². The van der Waals surface area contributed by atoms with Crippen LogP contribution in [0.4, 0.5) is 4.79 Å². The van der Waals surface area contributed by atoms with Crippen molar-refractivity contribution in [1.82, 2.24) is 10.6 Å².